The number of anilines is 1. The highest BCUT2D eigenvalue weighted by molar-refractivity contribution is 6.31. The number of halogens is 2. The molecule has 8 nitrogen and oxygen atoms in total. The molecule has 2 aliphatic heterocycles. The number of fused-ring (bicyclic) bond motifs is 4. The second kappa shape index (κ2) is 8.39. The van der Waals surface area contributed by atoms with Gasteiger partial charge in [-0.25, -0.2) is 9.29 Å². The van der Waals surface area contributed by atoms with Crippen LogP contribution in [-0.4, -0.2) is 35.8 Å². The van der Waals surface area contributed by atoms with Crippen LogP contribution in [-0.2, 0) is 19.2 Å². The molecule has 0 spiro atoms. The number of hydrogen-bond donors (Lipinski definition) is 2. The number of imide groups is 2. The molecular weight excluding hydrogens is 515 g/mol. The molecule has 4 amide bonds. The second-order valence-electron chi connectivity index (χ2n) is 10.5. The van der Waals surface area contributed by atoms with Crippen molar-refractivity contribution >= 4 is 40.9 Å². The summed E-state index contributed by atoms with van der Waals surface area (Å²) in [5, 5.41) is 13.4. The fourth-order valence-corrected chi connectivity index (χ4v) is 7.25. The quantitative estimate of drug-likeness (QED) is 0.455. The van der Waals surface area contributed by atoms with Crippen molar-refractivity contribution < 1.29 is 33.4 Å². The summed E-state index contributed by atoms with van der Waals surface area (Å²) in [7, 11) is 1.41. The highest BCUT2D eigenvalue weighted by Gasteiger charge is 2.67. The van der Waals surface area contributed by atoms with Crippen LogP contribution in [0.2, 0.25) is 5.02 Å². The van der Waals surface area contributed by atoms with Crippen LogP contribution in [0.4, 0.5) is 10.1 Å². The van der Waals surface area contributed by atoms with Crippen LogP contribution >= 0.6 is 11.6 Å². The molecular formula is C28H24ClFN2O6. The van der Waals surface area contributed by atoms with Crippen molar-refractivity contribution in [2.24, 2.45) is 29.1 Å². The Morgan fingerprint density at radius 2 is 1.89 bits per heavy atom. The molecule has 2 heterocycles. The van der Waals surface area contributed by atoms with Crippen LogP contribution in [0.15, 0.2) is 48.0 Å². The number of allylic oxidation sites excluding steroid dienone is 2. The van der Waals surface area contributed by atoms with E-state index in [1.807, 2.05) is 6.08 Å². The predicted octanol–water partition coefficient (Wildman–Crippen LogP) is 3.71. The molecule has 6 rings (SSSR count). The van der Waals surface area contributed by atoms with Gasteiger partial charge < -0.3 is 9.84 Å². The first-order valence-corrected chi connectivity index (χ1v) is 12.7. The van der Waals surface area contributed by atoms with Gasteiger partial charge in [-0.1, -0.05) is 35.4 Å². The minimum atomic E-state index is -1.35. The number of hydrogen-bond acceptors (Lipinski definition) is 6. The number of phenolic OH excluding ortho intramolecular Hbond substituents is 1. The Hall–Kier alpha value is -3.72. The predicted molar refractivity (Wildman–Crippen MR) is 134 cm³/mol. The normalized spacial score (nSPS) is 31.9. The molecule has 3 fully saturated rings. The molecule has 2 aliphatic carbocycles. The number of ether oxygens (including phenoxy) is 1. The van der Waals surface area contributed by atoms with Crippen molar-refractivity contribution in [3.05, 3.63) is 64.5 Å². The zero-order chi connectivity index (χ0) is 27.1. The monoisotopic (exact) mass is 538 g/mol. The molecule has 6 atom stereocenters. The van der Waals surface area contributed by atoms with Crippen LogP contribution < -0.4 is 15.0 Å². The van der Waals surface area contributed by atoms with Gasteiger partial charge in [-0.15, -0.1) is 0 Å². The lowest BCUT2D eigenvalue weighted by molar-refractivity contribution is -0.131. The first-order chi connectivity index (χ1) is 18.1. The highest BCUT2D eigenvalue weighted by atomic mass is 35.5. The van der Waals surface area contributed by atoms with Crippen molar-refractivity contribution in [1.29, 1.82) is 0 Å². The Kier molecular flexibility index (Phi) is 5.43. The van der Waals surface area contributed by atoms with Gasteiger partial charge in [-0.2, -0.15) is 0 Å². The molecule has 0 bridgehead atoms. The largest absolute Gasteiger partial charge is 0.504 e. The Balaban J connectivity index is 1.56. The van der Waals surface area contributed by atoms with Gasteiger partial charge in [0.25, 0.3) is 0 Å². The summed E-state index contributed by atoms with van der Waals surface area (Å²) >= 11 is 5.99. The van der Waals surface area contributed by atoms with E-state index in [-0.39, 0.29) is 34.5 Å². The van der Waals surface area contributed by atoms with Crippen molar-refractivity contribution in [3.63, 3.8) is 0 Å². The third-order valence-corrected chi connectivity index (χ3v) is 9.13. The number of carbonyl (C=O) groups excluding carboxylic acids is 4. The SMILES string of the molecule is COc1cccc([C@H]2C3=CC[C@@H]4C(=O)NC(=O)[C@@H]4[C@@H]3C[C@H]3C(=O)N(c4ccc(F)c(Cl)c4)C(=O)[C@@]23C)c1O. The Morgan fingerprint density at radius 3 is 2.61 bits per heavy atom. The van der Waals surface area contributed by atoms with E-state index in [4.69, 9.17) is 16.3 Å². The smallest absolute Gasteiger partial charge is 0.241 e. The average molecular weight is 539 g/mol. The number of benzene rings is 2. The highest BCUT2D eigenvalue weighted by Crippen LogP contribution is 2.64. The molecule has 196 valence electrons. The number of para-hydroxylation sites is 1. The van der Waals surface area contributed by atoms with Crippen molar-refractivity contribution in [1.82, 2.24) is 5.32 Å². The lowest BCUT2D eigenvalue weighted by atomic mass is 9.51. The topological polar surface area (TPSA) is 113 Å². The fourth-order valence-electron chi connectivity index (χ4n) is 7.08. The minimum Gasteiger partial charge on any atom is -0.504 e. The van der Waals surface area contributed by atoms with E-state index in [0.29, 0.717) is 12.0 Å². The molecule has 4 aliphatic rings. The Morgan fingerprint density at radius 1 is 1.13 bits per heavy atom. The average Bonchev–Trinajstić information content (AvgIpc) is 3.29. The van der Waals surface area contributed by atoms with Gasteiger partial charge in [0.2, 0.25) is 23.6 Å². The maximum Gasteiger partial charge on any atom is 0.241 e. The Bertz CT molecular complexity index is 1470. The van der Waals surface area contributed by atoms with Gasteiger partial charge in [0.15, 0.2) is 11.5 Å². The number of aromatic hydroxyl groups is 1. The molecule has 38 heavy (non-hydrogen) atoms. The number of rotatable bonds is 3. The van der Waals surface area contributed by atoms with Crippen molar-refractivity contribution in [2.45, 2.75) is 25.7 Å². The lowest BCUT2D eigenvalue weighted by Crippen LogP contribution is -2.48. The maximum absolute atomic E-state index is 14.2. The summed E-state index contributed by atoms with van der Waals surface area (Å²) in [5.74, 6) is -5.81. The van der Waals surface area contributed by atoms with Crippen LogP contribution in [0.25, 0.3) is 0 Å². The van der Waals surface area contributed by atoms with Gasteiger partial charge in [-0.3, -0.25) is 24.5 Å². The molecule has 10 heteroatoms. The summed E-state index contributed by atoms with van der Waals surface area (Å²) in [6.07, 6.45) is 2.35. The third-order valence-electron chi connectivity index (χ3n) is 8.84. The molecule has 0 aromatic heterocycles. The van der Waals surface area contributed by atoms with Crippen LogP contribution in [0, 0.1) is 34.9 Å². The van der Waals surface area contributed by atoms with Gasteiger partial charge in [0.05, 0.1) is 41.0 Å². The van der Waals surface area contributed by atoms with Gasteiger partial charge in [-0.05, 0) is 49.9 Å². The van der Waals surface area contributed by atoms with E-state index in [1.54, 1.807) is 25.1 Å². The number of nitrogens with one attached hydrogen (secondary N) is 1. The van der Waals surface area contributed by atoms with E-state index in [1.165, 1.54) is 19.2 Å². The van der Waals surface area contributed by atoms with E-state index in [9.17, 15) is 28.7 Å². The summed E-state index contributed by atoms with van der Waals surface area (Å²) in [5.41, 5.74) is -0.0929. The van der Waals surface area contributed by atoms with Crippen LogP contribution in [0.3, 0.4) is 0 Å². The molecule has 2 aromatic rings. The van der Waals surface area contributed by atoms with Gasteiger partial charge in [0.1, 0.15) is 5.82 Å². The van der Waals surface area contributed by atoms with Crippen LogP contribution in [0.5, 0.6) is 11.5 Å². The van der Waals surface area contributed by atoms with E-state index in [0.717, 1.165) is 16.5 Å². The van der Waals surface area contributed by atoms with E-state index in [2.05, 4.69) is 5.32 Å². The first kappa shape index (κ1) is 24.6. The number of methoxy groups -OCH3 is 1. The second-order valence-corrected chi connectivity index (χ2v) is 10.9. The zero-order valence-corrected chi connectivity index (χ0v) is 21.3. The molecule has 1 saturated carbocycles. The van der Waals surface area contributed by atoms with E-state index < -0.39 is 58.5 Å². The standard InChI is InChI=1S/C28H24ClFN2O6/c1-28-17(26(36)32(27(28)37)12-6-9-19(30)18(29)10-12)11-16-13(7-8-14-21(16)25(35)31-24(14)34)22(28)15-4-3-5-20(38-2)23(15)33/h3-7,9-10,14,16-17,21-22,33H,8,11H2,1-2H3,(H,31,34,35)/t14-,16+,17-,21-,22+,28+/m0/s1. The summed E-state index contributed by atoms with van der Waals surface area (Å²) < 4.78 is 19.2. The van der Waals surface area contributed by atoms with Crippen molar-refractivity contribution in [3.8, 4) is 11.5 Å². The van der Waals surface area contributed by atoms with E-state index >= 15 is 0 Å². The molecule has 2 aromatic carbocycles. The van der Waals surface area contributed by atoms with Crippen molar-refractivity contribution in [2.75, 3.05) is 12.0 Å². The summed E-state index contributed by atoms with van der Waals surface area (Å²) in [6, 6.07) is 8.59. The molecule has 2 N–H and O–H groups in total. The number of amides is 4. The Labute approximate surface area is 222 Å². The van der Waals surface area contributed by atoms with Gasteiger partial charge >= 0.3 is 0 Å². The molecule has 0 unspecified atom stereocenters. The van der Waals surface area contributed by atoms with Gasteiger partial charge in [0, 0.05) is 11.5 Å². The number of phenols is 1. The first-order valence-electron chi connectivity index (χ1n) is 12.3. The fraction of sp³-hybridized carbons (Fsp3) is 0.357. The van der Waals surface area contributed by atoms with Crippen LogP contribution in [0.1, 0.15) is 31.2 Å². The molecule has 2 saturated heterocycles. The molecule has 0 radical (unpaired) electrons. The summed E-state index contributed by atoms with van der Waals surface area (Å²) in [6.45, 7) is 1.69. The number of carbonyl (C=O) groups is 4. The third kappa shape index (κ3) is 3.14. The zero-order valence-electron chi connectivity index (χ0n) is 20.5. The maximum atomic E-state index is 14.2. The minimum absolute atomic E-state index is 0.138. The lowest BCUT2D eigenvalue weighted by Gasteiger charge is -2.49. The summed E-state index contributed by atoms with van der Waals surface area (Å²) in [4.78, 5) is 54.6. The number of nitrogens with zero attached hydrogens (tertiary/aromatic N) is 1.